The maximum atomic E-state index is 6.10. The Morgan fingerprint density at radius 2 is 2.17 bits per heavy atom. The maximum Gasteiger partial charge on any atom is 0.129 e. The molecule has 1 fully saturated rings. The van der Waals surface area contributed by atoms with E-state index in [1.54, 1.807) is 0 Å². The monoisotopic (exact) mass is 409 g/mol. The molecule has 0 spiro atoms. The number of benzene rings is 2. The lowest BCUT2D eigenvalue weighted by Gasteiger charge is -2.20. The van der Waals surface area contributed by atoms with Crippen molar-refractivity contribution in [2.45, 2.75) is 24.7 Å². The molecule has 1 atom stereocenters. The second kappa shape index (κ2) is 9.85. The summed E-state index contributed by atoms with van der Waals surface area (Å²) in [4.78, 5) is 4.57. The summed E-state index contributed by atoms with van der Waals surface area (Å²) < 4.78 is 11.8. The molecule has 1 saturated heterocycles. The summed E-state index contributed by atoms with van der Waals surface area (Å²) in [6, 6.07) is 16.6. The third-order valence-corrected chi connectivity index (χ3v) is 5.56. The Morgan fingerprint density at radius 1 is 1.24 bits per heavy atom. The minimum atomic E-state index is 0.198. The molecule has 2 N–H and O–H groups in total. The molecular weight excluding hydrogens is 382 g/mol. The van der Waals surface area contributed by atoms with Crippen LogP contribution in [0.5, 0.6) is 5.75 Å². The van der Waals surface area contributed by atoms with Crippen LogP contribution in [0.2, 0.25) is 0 Å². The Bertz CT molecular complexity index is 891. The summed E-state index contributed by atoms with van der Waals surface area (Å²) in [5.74, 6) is 2.71. The molecule has 4 rings (SSSR count). The standard InChI is InChI=1S/C23H27N3O2S/c1-29-15-17-6-4-7-18(12-17)26-23-13-21(24-16-25-23)20-9-2-3-10-22(20)28-14-19-8-5-11-27-19/h2-4,6-7,9-10,12-13,19,24H,5,8,11,14-16H2,1H3,(H,25,26). The van der Waals surface area contributed by atoms with E-state index in [1.807, 2.05) is 36.0 Å². The quantitative estimate of drug-likeness (QED) is 0.704. The van der Waals surface area contributed by atoms with Gasteiger partial charge in [-0.2, -0.15) is 11.8 Å². The predicted octanol–water partition coefficient (Wildman–Crippen LogP) is 4.52. The van der Waals surface area contributed by atoms with Crippen molar-refractivity contribution < 1.29 is 9.47 Å². The molecule has 29 heavy (non-hydrogen) atoms. The summed E-state index contributed by atoms with van der Waals surface area (Å²) in [6.07, 6.45) is 6.54. The van der Waals surface area contributed by atoms with E-state index in [2.05, 4.69) is 52.2 Å². The summed E-state index contributed by atoms with van der Waals surface area (Å²) in [6.45, 7) is 1.95. The van der Waals surface area contributed by atoms with Crippen LogP contribution in [0, 0.1) is 0 Å². The van der Waals surface area contributed by atoms with Crippen molar-refractivity contribution in [3.8, 4) is 5.75 Å². The maximum absolute atomic E-state index is 6.10. The summed E-state index contributed by atoms with van der Waals surface area (Å²) in [5.41, 5.74) is 4.39. The summed E-state index contributed by atoms with van der Waals surface area (Å²) >= 11 is 1.82. The lowest BCUT2D eigenvalue weighted by molar-refractivity contribution is 0.0678. The van der Waals surface area contributed by atoms with Gasteiger partial charge in [-0.05, 0) is 48.9 Å². The predicted molar refractivity (Wildman–Crippen MR) is 122 cm³/mol. The first-order valence-electron chi connectivity index (χ1n) is 10.0. The van der Waals surface area contributed by atoms with E-state index >= 15 is 0 Å². The Hall–Kier alpha value is -2.44. The molecule has 1 unspecified atom stereocenters. The largest absolute Gasteiger partial charge is 0.490 e. The van der Waals surface area contributed by atoms with Crippen molar-refractivity contribution in [3.05, 3.63) is 65.7 Å². The van der Waals surface area contributed by atoms with Gasteiger partial charge in [0.25, 0.3) is 0 Å². The van der Waals surface area contributed by atoms with E-state index in [9.17, 15) is 0 Å². The number of aliphatic imine (C=N–C) groups is 1. The van der Waals surface area contributed by atoms with E-state index in [0.29, 0.717) is 13.3 Å². The number of hydrogen-bond donors (Lipinski definition) is 2. The molecule has 2 heterocycles. The molecule has 0 amide bonds. The number of thioether (sulfide) groups is 1. The Balaban J connectivity index is 1.48. The third-order valence-electron chi connectivity index (χ3n) is 4.94. The first-order chi connectivity index (χ1) is 14.3. The fraction of sp³-hybridized carbons (Fsp3) is 0.348. The fourth-order valence-corrected chi connectivity index (χ4v) is 4.03. The van der Waals surface area contributed by atoms with Gasteiger partial charge in [0, 0.05) is 29.7 Å². The van der Waals surface area contributed by atoms with Gasteiger partial charge in [0.1, 0.15) is 24.9 Å². The Labute approximate surface area is 176 Å². The fourth-order valence-electron chi connectivity index (χ4n) is 3.52. The highest BCUT2D eigenvalue weighted by atomic mass is 32.2. The number of nitrogens with one attached hydrogen (secondary N) is 2. The van der Waals surface area contributed by atoms with Crippen LogP contribution in [0.3, 0.4) is 0 Å². The van der Waals surface area contributed by atoms with Gasteiger partial charge >= 0.3 is 0 Å². The number of rotatable bonds is 7. The Kier molecular flexibility index (Phi) is 6.75. The van der Waals surface area contributed by atoms with Gasteiger partial charge in [0.15, 0.2) is 0 Å². The molecule has 2 aromatic carbocycles. The van der Waals surface area contributed by atoms with Crippen molar-refractivity contribution in [1.82, 2.24) is 5.32 Å². The molecular formula is C23H27N3O2S. The van der Waals surface area contributed by atoms with Gasteiger partial charge in [0.2, 0.25) is 0 Å². The molecule has 0 aliphatic carbocycles. The first-order valence-corrected chi connectivity index (χ1v) is 11.4. The average Bonchev–Trinajstić information content (AvgIpc) is 3.27. The van der Waals surface area contributed by atoms with Gasteiger partial charge in [-0.3, -0.25) is 0 Å². The zero-order valence-electron chi connectivity index (χ0n) is 16.7. The van der Waals surface area contributed by atoms with Crippen LogP contribution in [0.4, 0.5) is 5.69 Å². The highest BCUT2D eigenvalue weighted by Gasteiger charge is 2.18. The van der Waals surface area contributed by atoms with Gasteiger partial charge < -0.3 is 20.1 Å². The molecule has 2 aromatic rings. The highest BCUT2D eigenvalue weighted by Crippen LogP contribution is 2.27. The molecule has 0 radical (unpaired) electrons. The average molecular weight is 410 g/mol. The number of hydrogen-bond acceptors (Lipinski definition) is 6. The SMILES string of the molecule is CSCc1cccc(NC2=NCNC(c3ccccc3OCC3CCCO3)=C2)c1. The summed E-state index contributed by atoms with van der Waals surface area (Å²) in [5, 5.41) is 6.81. The van der Waals surface area contributed by atoms with E-state index in [1.165, 1.54) is 5.56 Å². The van der Waals surface area contributed by atoms with Crippen molar-refractivity contribution >= 4 is 29.0 Å². The smallest absolute Gasteiger partial charge is 0.129 e. The molecule has 5 nitrogen and oxygen atoms in total. The van der Waals surface area contributed by atoms with Gasteiger partial charge in [0.05, 0.1) is 11.8 Å². The van der Waals surface area contributed by atoms with Crippen molar-refractivity contribution in [3.63, 3.8) is 0 Å². The normalized spacial score (nSPS) is 18.6. The van der Waals surface area contributed by atoms with Crippen LogP contribution in [0.25, 0.3) is 5.70 Å². The minimum absolute atomic E-state index is 0.198. The third kappa shape index (κ3) is 5.34. The molecule has 152 valence electrons. The minimum Gasteiger partial charge on any atom is -0.490 e. The second-order valence-corrected chi connectivity index (χ2v) is 8.00. The number of nitrogens with zero attached hydrogens (tertiary/aromatic N) is 1. The Morgan fingerprint density at radius 3 is 3.03 bits per heavy atom. The number of ether oxygens (including phenoxy) is 2. The molecule has 2 aliphatic heterocycles. The highest BCUT2D eigenvalue weighted by molar-refractivity contribution is 7.97. The topological polar surface area (TPSA) is 54.9 Å². The number of anilines is 1. The lowest BCUT2D eigenvalue weighted by Crippen LogP contribution is -2.24. The van der Waals surface area contributed by atoms with Crippen LogP contribution in [0.15, 0.2) is 59.6 Å². The van der Waals surface area contributed by atoms with E-state index in [-0.39, 0.29) is 6.10 Å². The molecule has 0 aromatic heterocycles. The van der Waals surface area contributed by atoms with Crippen LogP contribution in [-0.4, -0.2) is 38.1 Å². The van der Waals surface area contributed by atoms with E-state index in [0.717, 1.165) is 53.7 Å². The molecule has 0 bridgehead atoms. The zero-order chi connectivity index (χ0) is 19.9. The number of amidine groups is 1. The summed E-state index contributed by atoms with van der Waals surface area (Å²) in [7, 11) is 0. The van der Waals surface area contributed by atoms with E-state index in [4.69, 9.17) is 9.47 Å². The van der Waals surface area contributed by atoms with Gasteiger partial charge in [-0.15, -0.1) is 0 Å². The molecule has 0 saturated carbocycles. The van der Waals surface area contributed by atoms with Crippen molar-refractivity contribution in [2.75, 3.05) is 31.5 Å². The van der Waals surface area contributed by atoms with Crippen LogP contribution < -0.4 is 15.4 Å². The van der Waals surface area contributed by atoms with Gasteiger partial charge in [-0.1, -0.05) is 24.3 Å². The van der Waals surface area contributed by atoms with Crippen LogP contribution in [0.1, 0.15) is 24.0 Å². The number of para-hydroxylation sites is 1. The van der Waals surface area contributed by atoms with Crippen molar-refractivity contribution in [1.29, 1.82) is 0 Å². The van der Waals surface area contributed by atoms with E-state index < -0.39 is 0 Å². The van der Waals surface area contributed by atoms with Gasteiger partial charge in [-0.25, -0.2) is 4.99 Å². The molecule has 2 aliphatic rings. The first kappa shape index (κ1) is 19.9. The van der Waals surface area contributed by atoms with Crippen LogP contribution in [-0.2, 0) is 10.5 Å². The zero-order valence-corrected chi connectivity index (χ0v) is 17.5. The van der Waals surface area contributed by atoms with Crippen LogP contribution >= 0.6 is 11.8 Å². The van der Waals surface area contributed by atoms with Crippen molar-refractivity contribution in [2.24, 2.45) is 4.99 Å². The second-order valence-electron chi connectivity index (χ2n) is 7.14. The lowest BCUT2D eigenvalue weighted by atomic mass is 10.1. The molecule has 6 heteroatoms.